The lowest BCUT2D eigenvalue weighted by molar-refractivity contribution is -0.115. The molecule has 2 aromatic heterocycles. The highest BCUT2D eigenvalue weighted by molar-refractivity contribution is 5.97. The van der Waals surface area contributed by atoms with Crippen LogP contribution in [0.1, 0.15) is 48.6 Å². The molecule has 0 radical (unpaired) electrons. The van der Waals surface area contributed by atoms with Crippen molar-refractivity contribution in [1.29, 1.82) is 0 Å². The van der Waals surface area contributed by atoms with Gasteiger partial charge >= 0.3 is 0 Å². The molecule has 5 rings (SSSR count). The number of amides is 1. The highest BCUT2D eigenvalue weighted by atomic mass is 19.1. The molecule has 0 unspecified atom stereocenters. The Morgan fingerprint density at radius 3 is 2.66 bits per heavy atom. The monoisotopic (exact) mass is 429 g/mol. The second-order valence-electron chi connectivity index (χ2n) is 8.46. The molecule has 162 valence electrons. The number of anilines is 1. The lowest BCUT2D eigenvalue weighted by Gasteiger charge is -2.08. The average Bonchev–Trinajstić information content (AvgIpc) is 3.44. The summed E-state index contributed by atoms with van der Waals surface area (Å²) in [6.07, 6.45) is 6.06. The normalized spacial score (nSPS) is 14.2. The SMILES string of the molecule is Cc1ccc(-c2cc(F)cc(CC(=O)Nc3ncnc4nc(C5CCCC5)[nH]c34)c2)cc1. The summed E-state index contributed by atoms with van der Waals surface area (Å²) < 4.78 is 14.3. The largest absolute Gasteiger partial charge is 0.337 e. The predicted molar refractivity (Wildman–Crippen MR) is 122 cm³/mol. The molecule has 1 fully saturated rings. The van der Waals surface area contributed by atoms with Gasteiger partial charge in [-0.1, -0.05) is 48.7 Å². The number of imidazole rings is 1. The number of nitrogens with zero attached hydrogens (tertiary/aromatic N) is 3. The highest BCUT2D eigenvalue weighted by Crippen LogP contribution is 2.33. The van der Waals surface area contributed by atoms with Crippen LogP contribution in [-0.4, -0.2) is 25.8 Å². The van der Waals surface area contributed by atoms with Crippen molar-refractivity contribution in [3.05, 3.63) is 71.6 Å². The van der Waals surface area contributed by atoms with E-state index in [1.165, 1.54) is 31.3 Å². The number of rotatable bonds is 5. The third-order valence-electron chi connectivity index (χ3n) is 6.01. The molecule has 4 aromatic rings. The van der Waals surface area contributed by atoms with Crippen LogP contribution >= 0.6 is 0 Å². The zero-order valence-electron chi connectivity index (χ0n) is 17.9. The van der Waals surface area contributed by atoms with E-state index in [2.05, 4.69) is 25.3 Å². The molecular formula is C25H24FN5O. The summed E-state index contributed by atoms with van der Waals surface area (Å²) in [5, 5.41) is 2.84. The van der Waals surface area contributed by atoms with E-state index in [0.717, 1.165) is 35.4 Å². The highest BCUT2D eigenvalue weighted by Gasteiger charge is 2.22. The molecule has 2 aromatic carbocycles. The number of aryl methyl sites for hydroxylation is 1. The van der Waals surface area contributed by atoms with E-state index in [0.29, 0.717) is 28.5 Å². The van der Waals surface area contributed by atoms with E-state index in [1.54, 1.807) is 0 Å². The summed E-state index contributed by atoms with van der Waals surface area (Å²) in [4.78, 5) is 29.1. The van der Waals surface area contributed by atoms with Crippen molar-refractivity contribution in [2.24, 2.45) is 0 Å². The minimum absolute atomic E-state index is 0.0335. The summed E-state index contributed by atoms with van der Waals surface area (Å²) >= 11 is 0. The maximum Gasteiger partial charge on any atom is 0.230 e. The van der Waals surface area contributed by atoms with Gasteiger partial charge in [-0.2, -0.15) is 0 Å². The van der Waals surface area contributed by atoms with Crippen LogP contribution in [0, 0.1) is 12.7 Å². The minimum Gasteiger partial charge on any atom is -0.337 e. The van der Waals surface area contributed by atoms with Crippen molar-refractivity contribution in [2.45, 2.75) is 44.9 Å². The molecule has 1 aliphatic rings. The zero-order chi connectivity index (χ0) is 22.1. The molecule has 32 heavy (non-hydrogen) atoms. The van der Waals surface area contributed by atoms with Gasteiger partial charge in [0.25, 0.3) is 0 Å². The smallest absolute Gasteiger partial charge is 0.230 e. The van der Waals surface area contributed by atoms with E-state index >= 15 is 0 Å². The lowest BCUT2D eigenvalue weighted by Crippen LogP contribution is -2.16. The van der Waals surface area contributed by atoms with Crippen LogP contribution in [0.15, 0.2) is 48.8 Å². The van der Waals surface area contributed by atoms with Gasteiger partial charge in [-0.3, -0.25) is 4.79 Å². The van der Waals surface area contributed by atoms with Crippen LogP contribution in [0.2, 0.25) is 0 Å². The number of aromatic amines is 1. The van der Waals surface area contributed by atoms with Crippen molar-refractivity contribution < 1.29 is 9.18 Å². The summed E-state index contributed by atoms with van der Waals surface area (Å²) in [5.41, 5.74) is 4.56. The molecule has 0 spiro atoms. The molecule has 1 aliphatic carbocycles. The molecule has 1 amide bonds. The third kappa shape index (κ3) is 4.23. The first-order valence-electron chi connectivity index (χ1n) is 10.9. The van der Waals surface area contributed by atoms with Crippen molar-refractivity contribution in [3.8, 4) is 11.1 Å². The standard InChI is InChI=1S/C25H24FN5O/c1-15-6-8-17(9-7-15)19-10-16(11-20(26)13-19)12-21(32)29-24-22-25(28-14-27-24)31-23(30-22)18-4-2-3-5-18/h6-11,13-14,18H,2-5,12H2,1H3,(H2,27,28,29,30,31,32). The van der Waals surface area contributed by atoms with E-state index in [-0.39, 0.29) is 18.1 Å². The van der Waals surface area contributed by atoms with Crippen LogP contribution in [0.4, 0.5) is 10.2 Å². The Hall–Kier alpha value is -3.61. The Kier molecular flexibility index (Phi) is 5.39. The van der Waals surface area contributed by atoms with Crippen molar-refractivity contribution in [2.75, 3.05) is 5.32 Å². The number of nitrogens with one attached hydrogen (secondary N) is 2. The fourth-order valence-corrected chi connectivity index (χ4v) is 4.36. The van der Waals surface area contributed by atoms with E-state index in [4.69, 9.17) is 0 Å². The third-order valence-corrected chi connectivity index (χ3v) is 6.01. The molecule has 2 N–H and O–H groups in total. The Bertz CT molecular complexity index is 1280. The van der Waals surface area contributed by atoms with Gasteiger partial charge in [0, 0.05) is 5.92 Å². The van der Waals surface area contributed by atoms with Crippen LogP contribution in [0.5, 0.6) is 0 Å². The number of halogens is 1. The predicted octanol–water partition coefficient (Wildman–Crippen LogP) is 5.31. The topological polar surface area (TPSA) is 83.6 Å². The van der Waals surface area contributed by atoms with E-state index in [9.17, 15) is 9.18 Å². The number of carbonyl (C=O) groups is 1. The van der Waals surface area contributed by atoms with Gasteiger partial charge in [0.2, 0.25) is 5.91 Å². The minimum atomic E-state index is -0.370. The first-order valence-corrected chi connectivity index (χ1v) is 10.9. The first-order chi connectivity index (χ1) is 15.5. The summed E-state index contributed by atoms with van der Waals surface area (Å²) in [7, 11) is 0. The second kappa shape index (κ2) is 8.49. The molecule has 7 heteroatoms. The van der Waals surface area contributed by atoms with Gasteiger partial charge in [0.05, 0.1) is 6.42 Å². The zero-order valence-corrected chi connectivity index (χ0v) is 17.9. The molecule has 6 nitrogen and oxygen atoms in total. The maximum atomic E-state index is 14.3. The van der Waals surface area contributed by atoms with Crippen LogP contribution in [0.3, 0.4) is 0 Å². The maximum absolute atomic E-state index is 14.3. The van der Waals surface area contributed by atoms with Crippen LogP contribution in [-0.2, 0) is 11.2 Å². The van der Waals surface area contributed by atoms with Crippen LogP contribution in [0.25, 0.3) is 22.3 Å². The van der Waals surface area contributed by atoms with Crippen LogP contribution < -0.4 is 5.32 Å². The van der Waals surface area contributed by atoms with Gasteiger partial charge in [0.1, 0.15) is 23.5 Å². The lowest BCUT2D eigenvalue weighted by atomic mass is 10.0. The Balaban J connectivity index is 1.36. The van der Waals surface area contributed by atoms with Crippen molar-refractivity contribution >= 4 is 22.9 Å². The molecule has 0 atom stereocenters. The number of aromatic nitrogens is 4. The first kappa shape index (κ1) is 20.3. The van der Waals surface area contributed by atoms with Gasteiger partial charge in [-0.05, 0) is 48.6 Å². The Morgan fingerprint density at radius 2 is 1.88 bits per heavy atom. The van der Waals surface area contributed by atoms with E-state index < -0.39 is 0 Å². The van der Waals surface area contributed by atoms with Crippen molar-refractivity contribution in [3.63, 3.8) is 0 Å². The Morgan fingerprint density at radius 1 is 1.09 bits per heavy atom. The fraction of sp³-hybridized carbons (Fsp3) is 0.280. The molecular weight excluding hydrogens is 405 g/mol. The molecule has 0 saturated heterocycles. The number of hydrogen-bond acceptors (Lipinski definition) is 4. The van der Waals surface area contributed by atoms with Gasteiger partial charge in [0.15, 0.2) is 11.5 Å². The Labute approximate surface area is 185 Å². The van der Waals surface area contributed by atoms with Gasteiger partial charge < -0.3 is 10.3 Å². The number of hydrogen-bond donors (Lipinski definition) is 2. The molecule has 1 saturated carbocycles. The molecule has 0 aliphatic heterocycles. The number of fused-ring (bicyclic) bond motifs is 1. The van der Waals surface area contributed by atoms with E-state index in [1.807, 2.05) is 37.3 Å². The van der Waals surface area contributed by atoms with Crippen molar-refractivity contribution in [1.82, 2.24) is 19.9 Å². The quantitative estimate of drug-likeness (QED) is 0.451. The summed E-state index contributed by atoms with van der Waals surface area (Å²) in [5.74, 6) is 1.06. The summed E-state index contributed by atoms with van der Waals surface area (Å²) in [6, 6.07) is 12.6. The molecule has 2 heterocycles. The van der Waals surface area contributed by atoms with Gasteiger partial charge in [-0.25, -0.2) is 19.3 Å². The average molecular weight is 429 g/mol. The van der Waals surface area contributed by atoms with Gasteiger partial charge in [-0.15, -0.1) is 0 Å². The fourth-order valence-electron chi connectivity index (χ4n) is 4.36. The number of benzene rings is 2. The number of carbonyl (C=O) groups excluding carboxylic acids is 1. The number of H-pyrrole nitrogens is 1. The second-order valence-corrected chi connectivity index (χ2v) is 8.46. The summed E-state index contributed by atoms with van der Waals surface area (Å²) in [6.45, 7) is 2.01. The molecule has 0 bridgehead atoms.